The fraction of sp³-hybridized carbons (Fsp3) is 0.800. The van der Waals surface area contributed by atoms with Crippen molar-refractivity contribution in [2.45, 2.75) is 57.0 Å². The van der Waals surface area contributed by atoms with Crippen LogP contribution < -0.4 is 0 Å². The van der Waals surface area contributed by atoms with Crippen LogP contribution in [0.15, 0.2) is 11.4 Å². The van der Waals surface area contributed by atoms with E-state index in [1.54, 1.807) is 18.0 Å². The molecule has 0 aromatic carbocycles. The molecule has 1 aliphatic carbocycles. The molecule has 1 atom stereocenters. The Kier molecular flexibility index (Phi) is 6.64. The second-order valence-electron chi connectivity index (χ2n) is 8.46. The number of hydrogen-bond donors (Lipinski definition) is 0. The maximum Gasteiger partial charge on any atom is 0.409 e. The molecule has 1 saturated carbocycles. The zero-order valence-electron chi connectivity index (χ0n) is 17.7. The topological polar surface area (TPSA) is 94.0 Å². The van der Waals surface area contributed by atoms with Gasteiger partial charge in [-0.25, -0.2) is 18.2 Å². The van der Waals surface area contributed by atoms with E-state index in [1.165, 1.54) is 0 Å². The molecule has 0 unspecified atom stereocenters. The molecule has 168 valence electrons. The summed E-state index contributed by atoms with van der Waals surface area (Å²) in [6, 6.07) is 0. The molecule has 2 saturated heterocycles. The van der Waals surface area contributed by atoms with Crippen molar-refractivity contribution >= 4 is 15.9 Å². The fourth-order valence-corrected chi connectivity index (χ4v) is 6.00. The second kappa shape index (κ2) is 9.23. The lowest BCUT2D eigenvalue weighted by molar-refractivity contribution is 0.0753. The van der Waals surface area contributed by atoms with Crippen molar-refractivity contribution in [1.82, 2.24) is 19.4 Å². The van der Waals surface area contributed by atoms with Crippen molar-refractivity contribution < 1.29 is 22.7 Å². The molecule has 30 heavy (non-hydrogen) atoms. The molecule has 0 radical (unpaired) electrons. The fourth-order valence-electron chi connectivity index (χ4n) is 4.16. The quantitative estimate of drug-likeness (QED) is 0.605. The second-order valence-corrected chi connectivity index (χ2v) is 10.4. The van der Waals surface area contributed by atoms with Gasteiger partial charge in [0.1, 0.15) is 0 Å². The Hall–Kier alpha value is -1.65. The number of aromatic nitrogens is 2. The number of hydrogen-bond acceptors (Lipinski definition) is 7. The first kappa shape index (κ1) is 21.6. The molecule has 2 aliphatic heterocycles. The van der Waals surface area contributed by atoms with E-state index in [0.29, 0.717) is 45.9 Å². The maximum atomic E-state index is 13.0. The lowest BCUT2D eigenvalue weighted by Gasteiger charge is -2.34. The van der Waals surface area contributed by atoms with Gasteiger partial charge in [-0.05, 0) is 38.5 Å². The minimum atomic E-state index is -3.41. The van der Waals surface area contributed by atoms with E-state index < -0.39 is 9.84 Å². The molecule has 1 aromatic rings. The number of sulfone groups is 1. The Morgan fingerprint density at radius 3 is 2.63 bits per heavy atom. The zero-order valence-corrected chi connectivity index (χ0v) is 18.5. The van der Waals surface area contributed by atoms with Gasteiger partial charge in [-0.1, -0.05) is 0 Å². The van der Waals surface area contributed by atoms with Crippen molar-refractivity contribution in [2.24, 2.45) is 5.92 Å². The van der Waals surface area contributed by atoms with Crippen molar-refractivity contribution in [2.75, 3.05) is 45.1 Å². The number of piperazine rings is 1. The van der Waals surface area contributed by atoms with Gasteiger partial charge >= 0.3 is 6.09 Å². The first-order valence-electron chi connectivity index (χ1n) is 11.0. The summed E-state index contributed by atoms with van der Waals surface area (Å²) in [7, 11) is -3.41. The summed E-state index contributed by atoms with van der Waals surface area (Å²) in [6.07, 6.45) is 5.40. The summed E-state index contributed by atoms with van der Waals surface area (Å²) in [4.78, 5) is 20.2. The molecule has 0 N–H and O–H groups in total. The molecule has 3 aliphatic rings. The third-order valence-corrected chi connectivity index (χ3v) is 7.82. The van der Waals surface area contributed by atoms with Crippen molar-refractivity contribution in [3.8, 4) is 0 Å². The Balaban J connectivity index is 1.46. The largest absolute Gasteiger partial charge is 0.450 e. The number of nitrogens with zero attached hydrogens (tertiary/aromatic N) is 4. The van der Waals surface area contributed by atoms with E-state index >= 15 is 0 Å². The first-order valence-corrected chi connectivity index (χ1v) is 12.6. The van der Waals surface area contributed by atoms with Crippen LogP contribution in [0.3, 0.4) is 0 Å². The van der Waals surface area contributed by atoms with Crippen LogP contribution in [-0.2, 0) is 32.4 Å². The smallest absolute Gasteiger partial charge is 0.409 e. The molecule has 9 nitrogen and oxygen atoms in total. The summed E-state index contributed by atoms with van der Waals surface area (Å²) in [5.74, 6) is 0.468. The van der Waals surface area contributed by atoms with Gasteiger partial charge in [0, 0.05) is 39.3 Å². The summed E-state index contributed by atoms with van der Waals surface area (Å²) < 4.78 is 38.7. The van der Waals surface area contributed by atoms with Crippen LogP contribution in [0.5, 0.6) is 0 Å². The standard InChI is InChI=1S/C20H32N4O5S/c1-2-28-20(25)23-9-7-22(8-10-23)13-17-12-21-19(30(26,27)15-16-5-6-16)24(17)14-18-4-3-11-29-18/h12,16,18H,2-11,13-15H2,1H3/t18-/m0/s1. The van der Waals surface area contributed by atoms with E-state index in [0.717, 1.165) is 38.0 Å². The SMILES string of the molecule is CCOC(=O)N1CCN(Cc2cnc(S(=O)(=O)CC3CC3)n2C[C@@H]2CCCO2)CC1. The van der Waals surface area contributed by atoms with Crippen LogP contribution in [0.4, 0.5) is 4.79 Å². The summed E-state index contributed by atoms with van der Waals surface area (Å²) in [5, 5.41) is 0.185. The molecule has 10 heteroatoms. The third kappa shape index (κ3) is 5.15. The van der Waals surface area contributed by atoms with Crippen LogP contribution in [0.25, 0.3) is 0 Å². The van der Waals surface area contributed by atoms with Gasteiger partial charge in [0.2, 0.25) is 15.0 Å². The summed E-state index contributed by atoms with van der Waals surface area (Å²) >= 11 is 0. The summed E-state index contributed by atoms with van der Waals surface area (Å²) in [6.45, 7) is 6.68. The van der Waals surface area contributed by atoms with Gasteiger partial charge in [-0.15, -0.1) is 0 Å². The highest BCUT2D eigenvalue weighted by atomic mass is 32.2. The highest BCUT2D eigenvalue weighted by Gasteiger charge is 2.33. The predicted molar refractivity (Wildman–Crippen MR) is 110 cm³/mol. The predicted octanol–water partition coefficient (Wildman–Crippen LogP) is 1.52. The number of rotatable bonds is 8. The monoisotopic (exact) mass is 440 g/mol. The van der Waals surface area contributed by atoms with Crippen LogP contribution in [0.1, 0.15) is 38.3 Å². The first-order chi connectivity index (χ1) is 14.5. The third-order valence-electron chi connectivity index (χ3n) is 6.03. The lowest BCUT2D eigenvalue weighted by atomic mass is 10.2. The molecule has 1 aromatic heterocycles. The minimum absolute atomic E-state index is 0.0356. The van der Waals surface area contributed by atoms with E-state index in [4.69, 9.17) is 9.47 Å². The van der Waals surface area contributed by atoms with Crippen LogP contribution >= 0.6 is 0 Å². The van der Waals surface area contributed by atoms with Crippen LogP contribution in [-0.4, -0.2) is 85.1 Å². The van der Waals surface area contributed by atoms with Gasteiger partial charge in [-0.3, -0.25) is 4.90 Å². The molecule has 3 heterocycles. The summed E-state index contributed by atoms with van der Waals surface area (Å²) in [5.41, 5.74) is 0.893. The lowest BCUT2D eigenvalue weighted by Crippen LogP contribution is -2.48. The average Bonchev–Trinajstić information content (AvgIpc) is 3.20. The Morgan fingerprint density at radius 1 is 1.23 bits per heavy atom. The van der Waals surface area contributed by atoms with Gasteiger partial charge in [-0.2, -0.15) is 0 Å². The number of ether oxygens (including phenoxy) is 2. The molecule has 4 rings (SSSR count). The highest BCUT2D eigenvalue weighted by molar-refractivity contribution is 7.91. The molecule has 0 bridgehead atoms. The zero-order chi connectivity index (χ0) is 21.1. The Labute approximate surface area is 178 Å². The maximum absolute atomic E-state index is 13.0. The molecule has 3 fully saturated rings. The van der Waals surface area contributed by atoms with Gasteiger partial charge < -0.3 is 18.9 Å². The molecule has 1 amide bonds. The minimum Gasteiger partial charge on any atom is -0.450 e. The molecule has 0 spiro atoms. The Morgan fingerprint density at radius 2 is 2.00 bits per heavy atom. The van der Waals surface area contributed by atoms with Gasteiger partial charge in [0.15, 0.2) is 0 Å². The van der Waals surface area contributed by atoms with E-state index in [1.807, 2.05) is 4.57 Å². The number of carbonyl (C=O) groups excluding carboxylic acids is 1. The Bertz CT molecular complexity index is 837. The van der Waals surface area contributed by atoms with Crippen molar-refractivity contribution in [3.63, 3.8) is 0 Å². The van der Waals surface area contributed by atoms with E-state index in [-0.39, 0.29) is 29.0 Å². The molecular formula is C20H32N4O5S. The average molecular weight is 441 g/mol. The van der Waals surface area contributed by atoms with E-state index in [2.05, 4.69) is 9.88 Å². The molecular weight excluding hydrogens is 408 g/mol. The van der Waals surface area contributed by atoms with Crippen molar-refractivity contribution in [1.29, 1.82) is 0 Å². The number of imidazole rings is 1. The van der Waals surface area contributed by atoms with Gasteiger partial charge in [0.25, 0.3) is 0 Å². The van der Waals surface area contributed by atoms with Gasteiger partial charge in [0.05, 0.1) is 36.9 Å². The normalized spacial score (nSPS) is 23.1. The van der Waals surface area contributed by atoms with Crippen LogP contribution in [0, 0.1) is 5.92 Å². The van der Waals surface area contributed by atoms with Crippen LogP contribution in [0.2, 0.25) is 0 Å². The highest BCUT2D eigenvalue weighted by Crippen LogP contribution is 2.32. The van der Waals surface area contributed by atoms with E-state index in [9.17, 15) is 13.2 Å². The number of amides is 1. The van der Waals surface area contributed by atoms with Crippen molar-refractivity contribution in [3.05, 3.63) is 11.9 Å². The number of carbonyl (C=O) groups is 1.